The minimum atomic E-state index is -0.205. The Bertz CT molecular complexity index is 805. The number of thioether (sulfide) groups is 1. The summed E-state index contributed by atoms with van der Waals surface area (Å²) in [6.07, 6.45) is 1.88. The standard InChI is InChI=1S/C17H19N5OS/c1-13(24-14-7-3-2-4-8-14)11-18-17(23)19-12-16-21-20-15-9-5-6-10-22(15)16/h2-10,13H,11-12H2,1H3,(H2,18,19,23). The highest BCUT2D eigenvalue weighted by Crippen LogP contribution is 2.21. The Labute approximate surface area is 144 Å². The van der Waals surface area contributed by atoms with Crippen molar-refractivity contribution in [1.29, 1.82) is 0 Å². The second-order valence-corrected chi connectivity index (χ2v) is 6.86. The molecule has 0 bridgehead atoms. The van der Waals surface area contributed by atoms with Crippen molar-refractivity contribution in [3.63, 3.8) is 0 Å². The summed E-state index contributed by atoms with van der Waals surface area (Å²) in [5.41, 5.74) is 0.766. The summed E-state index contributed by atoms with van der Waals surface area (Å²) in [6.45, 7) is 3.01. The molecule has 0 spiro atoms. The first-order valence-electron chi connectivity index (χ1n) is 7.74. The van der Waals surface area contributed by atoms with Crippen LogP contribution in [0.2, 0.25) is 0 Å². The third kappa shape index (κ3) is 4.26. The van der Waals surface area contributed by atoms with Crippen LogP contribution in [-0.2, 0) is 6.54 Å². The van der Waals surface area contributed by atoms with Crippen LogP contribution in [-0.4, -0.2) is 32.4 Å². The van der Waals surface area contributed by atoms with Gasteiger partial charge in [-0.15, -0.1) is 22.0 Å². The third-order valence-electron chi connectivity index (χ3n) is 3.42. The molecule has 124 valence electrons. The summed E-state index contributed by atoms with van der Waals surface area (Å²) in [7, 11) is 0. The number of rotatable bonds is 6. The summed E-state index contributed by atoms with van der Waals surface area (Å²) < 4.78 is 1.86. The van der Waals surface area contributed by atoms with Crippen molar-refractivity contribution in [3.05, 3.63) is 60.6 Å². The number of pyridine rings is 1. The lowest BCUT2D eigenvalue weighted by Crippen LogP contribution is -2.38. The van der Waals surface area contributed by atoms with Crippen molar-refractivity contribution in [2.45, 2.75) is 23.6 Å². The van der Waals surface area contributed by atoms with Gasteiger partial charge in [-0.2, -0.15) is 0 Å². The Kier molecular flexibility index (Phi) is 5.32. The van der Waals surface area contributed by atoms with E-state index in [9.17, 15) is 4.79 Å². The largest absolute Gasteiger partial charge is 0.337 e. The van der Waals surface area contributed by atoms with E-state index in [1.165, 1.54) is 4.90 Å². The Hall–Kier alpha value is -2.54. The van der Waals surface area contributed by atoms with E-state index in [1.54, 1.807) is 11.8 Å². The molecule has 2 N–H and O–H groups in total. The maximum absolute atomic E-state index is 11.9. The van der Waals surface area contributed by atoms with Gasteiger partial charge < -0.3 is 10.6 Å². The number of fused-ring (bicyclic) bond motifs is 1. The molecule has 0 aliphatic rings. The van der Waals surface area contributed by atoms with Crippen LogP contribution >= 0.6 is 11.8 Å². The van der Waals surface area contributed by atoms with Gasteiger partial charge in [-0.25, -0.2) is 4.79 Å². The molecular formula is C17H19N5OS. The number of carbonyl (C=O) groups excluding carboxylic acids is 1. The fraction of sp³-hybridized carbons (Fsp3) is 0.235. The Morgan fingerprint density at radius 1 is 1.12 bits per heavy atom. The topological polar surface area (TPSA) is 71.3 Å². The number of nitrogens with zero attached hydrogens (tertiary/aromatic N) is 3. The Balaban J connectivity index is 1.44. The molecule has 1 unspecified atom stereocenters. The quantitative estimate of drug-likeness (QED) is 0.676. The summed E-state index contributed by atoms with van der Waals surface area (Å²) in [4.78, 5) is 13.1. The first-order valence-corrected chi connectivity index (χ1v) is 8.62. The van der Waals surface area contributed by atoms with Crippen LogP contribution in [0.5, 0.6) is 0 Å². The van der Waals surface area contributed by atoms with Gasteiger partial charge in [-0.1, -0.05) is 31.2 Å². The summed E-state index contributed by atoms with van der Waals surface area (Å²) in [5.74, 6) is 0.701. The van der Waals surface area contributed by atoms with Crippen molar-refractivity contribution in [1.82, 2.24) is 25.2 Å². The molecular weight excluding hydrogens is 322 g/mol. The second-order valence-electron chi connectivity index (χ2n) is 5.35. The molecule has 6 nitrogen and oxygen atoms in total. The molecule has 0 aliphatic heterocycles. The fourth-order valence-electron chi connectivity index (χ4n) is 2.24. The second kappa shape index (κ2) is 7.83. The molecule has 7 heteroatoms. The van der Waals surface area contributed by atoms with E-state index in [-0.39, 0.29) is 11.3 Å². The lowest BCUT2D eigenvalue weighted by atomic mass is 10.4. The molecule has 0 saturated heterocycles. The van der Waals surface area contributed by atoms with Crippen molar-refractivity contribution < 1.29 is 4.79 Å². The van der Waals surface area contributed by atoms with Crippen LogP contribution in [0.1, 0.15) is 12.7 Å². The number of urea groups is 1. The number of nitrogens with one attached hydrogen (secondary N) is 2. The maximum atomic E-state index is 11.9. The van der Waals surface area contributed by atoms with Gasteiger partial charge in [0, 0.05) is 22.9 Å². The number of carbonyl (C=O) groups is 1. The van der Waals surface area contributed by atoms with E-state index < -0.39 is 0 Å². The highest BCUT2D eigenvalue weighted by atomic mass is 32.2. The van der Waals surface area contributed by atoms with E-state index in [1.807, 2.05) is 47.0 Å². The number of hydrogen-bond acceptors (Lipinski definition) is 4. The van der Waals surface area contributed by atoms with E-state index >= 15 is 0 Å². The zero-order valence-corrected chi connectivity index (χ0v) is 14.2. The predicted molar refractivity (Wildman–Crippen MR) is 95.0 cm³/mol. The zero-order valence-electron chi connectivity index (χ0n) is 13.3. The van der Waals surface area contributed by atoms with Gasteiger partial charge >= 0.3 is 6.03 Å². The van der Waals surface area contributed by atoms with Gasteiger partial charge in [0.15, 0.2) is 11.5 Å². The summed E-state index contributed by atoms with van der Waals surface area (Å²) in [5, 5.41) is 14.1. The molecule has 24 heavy (non-hydrogen) atoms. The molecule has 0 fully saturated rings. The van der Waals surface area contributed by atoms with Gasteiger partial charge in [0.25, 0.3) is 0 Å². The molecule has 0 radical (unpaired) electrons. The van der Waals surface area contributed by atoms with Gasteiger partial charge in [0.2, 0.25) is 0 Å². The van der Waals surface area contributed by atoms with Gasteiger partial charge in [0.05, 0.1) is 6.54 Å². The van der Waals surface area contributed by atoms with Crippen LogP contribution in [0, 0.1) is 0 Å². The third-order valence-corrected chi connectivity index (χ3v) is 4.54. The molecule has 0 aliphatic carbocycles. The molecule has 2 amide bonds. The van der Waals surface area contributed by atoms with Gasteiger partial charge in [-0.05, 0) is 24.3 Å². The minimum absolute atomic E-state index is 0.205. The predicted octanol–water partition coefficient (Wildman–Crippen LogP) is 2.71. The number of aromatic nitrogens is 3. The van der Waals surface area contributed by atoms with Crippen LogP contribution in [0.25, 0.3) is 5.65 Å². The normalized spacial score (nSPS) is 12.0. The van der Waals surface area contributed by atoms with E-state index in [0.717, 1.165) is 5.65 Å². The average Bonchev–Trinajstić information content (AvgIpc) is 3.02. The Morgan fingerprint density at radius 3 is 2.75 bits per heavy atom. The van der Waals surface area contributed by atoms with E-state index in [2.05, 4.69) is 39.9 Å². The molecule has 1 aromatic carbocycles. The van der Waals surface area contributed by atoms with Crippen LogP contribution < -0.4 is 10.6 Å². The molecule has 0 saturated carbocycles. The Morgan fingerprint density at radius 2 is 1.92 bits per heavy atom. The molecule has 2 heterocycles. The number of benzene rings is 1. The first-order chi connectivity index (χ1) is 11.7. The molecule has 1 atom stereocenters. The lowest BCUT2D eigenvalue weighted by molar-refractivity contribution is 0.240. The molecule has 2 aromatic heterocycles. The van der Waals surface area contributed by atoms with E-state index in [0.29, 0.717) is 18.9 Å². The zero-order chi connectivity index (χ0) is 16.8. The van der Waals surface area contributed by atoms with Crippen LogP contribution in [0.4, 0.5) is 4.79 Å². The van der Waals surface area contributed by atoms with Crippen molar-refractivity contribution >= 4 is 23.4 Å². The highest BCUT2D eigenvalue weighted by molar-refractivity contribution is 8.00. The number of amides is 2. The summed E-state index contributed by atoms with van der Waals surface area (Å²) in [6, 6.07) is 15.6. The average molecular weight is 341 g/mol. The smallest absolute Gasteiger partial charge is 0.315 e. The summed E-state index contributed by atoms with van der Waals surface area (Å²) >= 11 is 1.73. The SMILES string of the molecule is CC(CNC(=O)NCc1nnc2ccccn12)Sc1ccccc1. The van der Waals surface area contributed by atoms with Gasteiger partial charge in [0.1, 0.15) is 0 Å². The van der Waals surface area contributed by atoms with Crippen molar-refractivity contribution in [2.24, 2.45) is 0 Å². The fourth-order valence-corrected chi connectivity index (χ4v) is 3.19. The van der Waals surface area contributed by atoms with Crippen molar-refractivity contribution in [3.8, 4) is 0 Å². The molecule has 3 rings (SSSR count). The first kappa shape index (κ1) is 16.3. The lowest BCUT2D eigenvalue weighted by Gasteiger charge is -2.13. The highest BCUT2D eigenvalue weighted by Gasteiger charge is 2.09. The van der Waals surface area contributed by atoms with Crippen molar-refractivity contribution in [2.75, 3.05) is 6.54 Å². The van der Waals surface area contributed by atoms with Crippen LogP contribution in [0.15, 0.2) is 59.6 Å². The maximum Gasteiger partial charge on any atom is 0.315 e. The van der Waals surface area contributed by atoms with Gasteiger partial charge in [-0.3, -0.25) is 4.40 Å². The number of hydrogen-bond donors (Lipinski definition) is 2. The van der Waals surface area contributed by atoms with E-state index in [4.69, 9.17) is 0 Å². The van der Waals surface area contributed by atoms with Crippen LogP contribution in [0.3, 0.4) is 0 Å². The molecule has 3 aromatic rings. The monoisotopic (exact) mass is 341 g/mol. The minimum Gasteiger partial charge on any atom is -0.337 e.